The Morgan fingerprint density at radius 1 is 1.25 bits per heavy atom. The number of aliphatic hydroxyl groups is 1. The minimum absolute atomic E-state index is 0.628. The third-order valence-corrected chi connectivity index (χ3v) is 2.53. The average Bonchev–Trinajstić information content (AvgIpc) is 2.17. The van der Waals surface area contributed by atoms with Crippen molar-refractivity contribution < 1.29 is 5.11 Å². The monoisotopic (exact) mass is 220 g/mol. The van der Waals surface area contributed by atoms with E-state index in [1.165, 1.54) is 11.1 Å². The lowest BCUT2D eigenvalue weighted by Crippen LogP contribution is -2.20. The summed E-state index contributed by atoms with van der Waals surface area (Å²) in [5.74, 6) is 2.39. The Kier molecular flexibility index (Phi) is 6.85. The number of terminal acetylenes is 1. The summed E-state index contributed by atoms with van der Waals surface area (Å²) < 4.78 is 0. The van der Waals surface area contributed by atoms with Crippen LogP contribution in [0.1, 0.15) is 53.4 Å². The second-order valence-corrected chi connectivity index (χ2v) is 4.83. The van der Waals surface area contributed by atoms with E-state index in [0.29, 0.717) is 6.42 Å². The third-order valence-electron chi connectivity index (χ3n) is 2.53. The molecule has 1 N–H and O–H groups in total. The van der Waals surface area contributed by atoms with Gasteiger partial charge in [0.05, 0.1) is 0 Å². The molecule has 0 aliphatic rings. The zero-order valence-electron chi connectivity index (χ0n) is 11.0. The van der Waals surface area contributed by atoms with Crippen LogP contribution in [-0.2, 0) is 0 Å². The van der Waals surface area contributed by atoms with E-state index in [1.807, 2.05) is 0 Å². The molecule has 0 rings (SSSR count). The number of rotatable bonds is 6. The molecule has 16 heavy (non-hydrogen) atoms. The van der Waals surface area contributed by atoms with Crippen molar-refractivity contribution in [2.75, 3.05) is 0 Å². The lowest BCUT2D eigenvalue weighted by atomic mass is 10.00. The van der Waals surface area contributed by atoms with Gasteiger partial charge in [0, 0.05) is 0 Å². The Morgan fingerprint density at radius 3 is 2.38 bits per heavy atom. The molecule has 1 nitrogen and oxygen atoms in total. The van der Waals surface area contributed by atoms with E-state index >= 15 is 0 Å². The largest absolute Gasteiger partial charge is 0.378 e. The number of hydrogen-bond acceptors (Lipinski definition) is 1. The van der Waals surface area contributed by atoms with Crippen molar-refractivity contribution in [2.45, 2.75) is 59.0 Å². The van der Waals surface area contributed by atoms with Crippen molar-refractivity contribution in [3.05, 3.63) is 23.3 Å². The van der Waals surface area contributed by atoms with Gasteiger partial charge in [-0.25, -0.2) is 0 Å². The predicted octanol–water partition coefficient (Wildman–Crippen LogP) is 3.84. The molecule has 0 heterocycles. The first-order valence-corrected chi connectivity index (χ1v) is 5.86. The van der Waals surface area contributed by atoms with E-state index in [4.69, 9.17) is 6.42 Å². The average molecular weight is 220 g/mol. The molecule has 90 valence electrons. The topological polar surface area (TPSA) is 20.2 Å². The van der Waals surface area contributed by atoms with Gasteiger partial charge in [-0.2, -0.15) is 0 Å². The molecule has 1 heteroatoms. The van der Waals surface area contributed by atoms with Crippen LogP contribution in [0.15, 0.2) is 23.3 Å². The van der Waals surface area contributed by atoms with Gasteiger partial charge in [-0.05, 0) is 53.4 Å². The van der Waals surface area contributed by atoms with Gasteiger partial charge >= 0.3 is 0 Å². The molecule has 0 spiro atoms. The number of allylic oxidation sites excluding steroid dienone is 4. The van der Waals surface area contributed by atoms with Crippen LogP contribution in [0.4, 0.5) is 0 Å². The summed E-state index contributed by atoms with van der Waals surface area (Å²) in [6, 6.07) is 0. The summed E-state index contributed by atoms with van der Waals surface area (Å²) in [5, 5.41) is 9.61. The predicted molar refractivity (Wildman–Crippen MR) is 71.1 cm³/mol. The fraction of sp³-hybridized carbons (Fsp3) is 0.600. The second kappa shape index (κ2) is 7.30. The summed E-state index contributed by atoms with van der Waals surface area (Å²) in [6.07, 6.45) is 13.3. The summed E-state index contributed by atoms with van der Waals surface area (Å²) in [4.78, 5) is 0. The maximum Gasteiger partial charge on any atom is 0.122 e. The van der Waals surface area contributed by atoms with Crippen LogP contribution in [0.2, 0.25) is 0 Å². The van der Waals surface area contributed by atoms with Crippen LogP contribution in [0, 0.1) is 12.3 Å². The highest BCUT2D eigenvalue weighted by molar-refractivity contribution is 5.07. The molecule has 0 aromatic rings. The van der Waals surface area contributed by atoms with E-state index in [9.17, 15) is 5.11 Å². The Labute approximate surface area is 100 Å². The SMILES string of the molecule is C#C[C@@](C)(O)CCC=C(C)CCC=C(C)C. The summed E-state index contributed by atoms with van der Waals surface area (Å²) in [5.41, 5.74) is 1.77. The molecule has 0 saturated carbocycles. The molecule has 0 fully saturated rings. The normalized spacial score (nSPS) is 15.1. The second-order valence-electron chi connectivity index (χ2n) is 4.83. The molecule has 0 radical (unpaired) electrons. The van der Waals surface area contributed by atoms with E-state index in [0.717, 1.165) is 19.3 Å². The van der Waals surface area contributed by atoms with Gasteiger partial charge in [0.1, 0.15) is 5.60 Å². The van der Waals surface area contributed by atoms with E-state index in [1.54, 1.807) is 6.92 Å². The first kappa shape index (κ1) is 15.0. The summed E-state index contributed by atoms with van der Waals surface area (Å²) in [6.45, 7) is 8.04. The van der Waals surface area contributed by atoms with Gasteiger partial charge in [0.15, 0.2) is 0 Å². The smallest absolute Gasteiger partial charge is 0.122 e. The third kappa shape index (κ3) is 8.32. The van der Waals surface area contributed by atoms with Crippen LogP contribution >= 0.6 is 0 Å². The van der Waals surface area contributed by atoms with Crippen molar-refractivity contribution >= 4 is 0 Å². The highest BCUT2D eigenvalue weighted by Crippen LogP contribution is 2.14. The van der Waals surface area contributed by atoms with E-state index < -0.39 is 5.60 Å². The molecular formula is C15H24O. The number of hydrogen-bond donors (Lipinski definition) is 1. The van der Waals surface area contributed by atoms with Gasteiger partial charge in [0.2, 0.25) is 0 Å². The first-order chi connectivity index (χ1) is 7.37. The molecule has 0 aliphatic heterocycles. The lowest BCUT2D eigenvalue weighted by Gasteiger charge is -2.14. The van der Waals surface area contributed by atoms with Crippen molar-refractivity contribution in [1.82, 2.24) is 0 Å². The molecule has 0 saturated heterocycles. The van der Waals surface area contributed by atoms with Crippen LogP contribution < -0.4 is 0 Å². The van der Waals surface area contributed by atoms with Crippen molar-refractivity contribution in [2.24, 2.45) is 0 Å². The van der Waals surface area contributed by atoms with Gasteiger partial charge in [0.25, 0.3) is 0 Å². The van der Waals surface area contributed by atoms with Gasteiger partial charge in [-0.1, -0.05) is 29.2 Å². The fourth-order valence-corrected chi connectivity index (χ4v) is 1.36. The molecule has 0 aromatic carbocycles. The molecule has 0 unspecified atom stereocenters. The summed E-state index contributed by atoms with van der Waals surface area (Å²) in [7, 11) is 0. The zero-order chi connectivity index (χ0) is 12.6. The Bertz CT molecular complexity index is 296. The Balaban J connectivity index is 3.89. The van der Waals surface area contributed by atoms with Gasteiger partial charge in [-0.15, -0.1) is 6.42 Å². The van der Waals surface area contributed by atoms with Crippen LogP contribution in [0.5, 0.6) is 0 Å². The van der Waals surface area contributed by atoms with Crippen molar-refractivity contribution in [1.29, 1.82) is 0 Å². The Morgan fingerprint density at radius 2 is 1.88 bits per heavy atom. The molecule has 0 amide bonds. The minimum atomic E-state index is -0.962. The first-order valence-electron chi connectivity index (χ1n) is 5.86. The van der Waals surface area contributed by atoms with E-state index in [-0.39, 0.29) is 0 Å². The molecule has 0 bridgehead atoms. The zero-order valence-corrected chi connectivity index (χ0v) is 11.0. The van der Waals surface area contributed by atoms with Crippen molar-refractivity contribution in [3.63, 3.8) is 0 Å². The molecule has 0 aromatic heterocycles. The highest BCUT2D eigenvalue weighted by Gasteiger charge is 2.14. The van der Waals surface area contributed by atoms with Gasteiger partial charge < -0.3 is 5.11 Å². The maximum absolute atomic E-state index is 9.61. The van der Waals surface area contributed by atoms with Gasteiger partial charge in [-0.3, -0.25) is 0 Å². The van der Waals surface area contributed by atoms with Crippen LogP contribution in [0.25, 0.3) is 0 Å². The lowest BCUT2D eigenvalue weighted by molar-refractivity contribution is 0.113. The fourth-order valence-electron chi connectivity index (χ4n) is 1.36. The van der Waals surface area contributed by atoms with Crippen LogP contribution in [-0.4, -0.2) is 10.7 Å². The van der Waals surface area contributed by atoms with E-state index in [2.05, 4.69) is 38.8 Å². The molecule has 1 atom stereocenters. The maximum atomic E-state index is 9.61. The molecular weight excluding hydrogens is 196 g/mol. The standard InChI is InChI=1S/C15H24O/c1-6-15(5,16)12-8-11-14(4)10-7-9-13(2)3/h1,9,11,16H,7-8,10,12H2,2-5H3/t15-/m1/s1. The van der Waals surface area contributed by atoms with Crippen molar-refractivity contribution in [3.8, 4) is 12.3 Å². The highest BCUT2D eigenvalue weighted by atomic mass is 16.3. The molecule has 0 aliphatic carbocycles. The Hall–Kier alpha value is -1.00. The summed E-state index contributed by atoms with van der Waals surface area (Å²) >= 11 is 0. The van der Waals surface area contributed by atoms with Crippen LogP contribution in [0.3, 0.4) is 0 Å². The minimum Gasteiger partial charge on any atom is -0.378 e. The quantitative estimate of drug-likeness (QED) is 0.532.